The molecule has 0 radical (unpaired) electrons. The lowest BCUT2D eigenvalue weighted by Crippen LogP contribution is -2.33. The van der Waals surface area contributed by atoms with Crippen LogP contribution in [0.15, 0.2) is 46.2 Å². The first-order chi connectivity index (χ1) is 15.0. The monoisotopic (exact) mass is 456 g/mol. The average Bonchev–Trinajstić information content (AvgIpc) is 3.57. The Morgan fingerprint density at radius 2 is 1.12 bits per heavy atom. The molecule has 0 spiro atoms. The maximum Gasteiger partial charge on any atom is 0.263 e. The number of carbonyl (C=O) groups is 2. The largest absolute Gasteiger partial charge is 0.455 e. The van der Waals surface area contributed by atoms with Gasteiger partial charge >= 0.3 is 0 Å². The molecule has 5 rings (SSSR count). The quantitative estimate of drug-likeness (QED) is 0.393. The van der Waals surface area contributed by atoms with Crippen molar-refractivity contribution < 1.29 is 33.3 Å². The molecule has 7 nitrogen and oxygen atoms in total. The van der Waals surface area contributed by atoms with Gasteiger partial charge in [-0.3, -0.25) is 9.59 Å². The van der Waals surface area contributed by atoms with Crippen molar-refractivity contribution in [3.05, 3.63) is 47.5 Å². The van der Waals surface area contributed by atoms with Gasteiger partial charge in [0, 0.05) is 25.3 Å². The van der Waals surface area contributed by atoms with E-state index >= 15 is 0 Å². The van der Waals surface area contributed by atoms with Gasteiger partial charge in [-0.15, -0.1) is 0 Å². The minimum atomic E-state index is -1.27. The number of hydrogen-bond acceptors (Lipinski definition) is 8. The molecule has 2 aromatic rings. The van der Waals surface area contributed by atoms with Crippen LogP contribution in [-0.2, 0) is 18.9 Å². The van der Waals surface area contributed by atoms with Gasteiger partial charge in [-0.05, 0) is 64.1 Å². The van der Waals surface area contributed by atoms with E-state index in [1.807, 2.05) is 27.7 Å². The second kappa shape index (κ2) is 6.65. The normalized spacial score (nSPS) is 28.2. The molecule has 3 aliphatic heterocycles. The molecule has 2 fully saturated rings. The zero-order valence-electron chi connectivity index (χ0n) is 18.7. The summed E-state index contributed by atoms with van der Waals surface area (Å²) in [6.45, 7) is 7.27. The smallest absolute Gasteiger partial charge is 0.263 e. The molecule has 168 valence electrons. The second-order valence-electron chi connectivity index (χ2n) is 9.05. The second-order valence-corrected chi connectivity index (χ2v) is 10.1. The third kappa shape index (κ3) is 2.84. The molecule has 2 aromatic carbocycles. The van der Waals surface area contributed by atoms with Gasteiger partial charge in [-0.1, -0.05) is 11.8 Å². The van der Waals surface area contributed by atoms with E-state index in [2.05, 4.69) is 0 Å². The maximum atomic E-state index is 13.1. The summed E-state index contributed by atoms with van der Waals surface area (Å²) in [4.78, 5) is 27.7. The highest BCUT2D eigenvalue weighted by molar-refractivity contribution is 7.99. The number of carbonyl (C=O) groups excluding carboxylic acids is 2. The minimum absolute atomic E-state index is 0.238. The molecule has 2 unspecified atom stereocenters. The molecule has 3 heterocycles. The molecule has 0 N–H and O–H groups in total. The lowest BCUT2D eigenvalue weighted by molar-refractivity contribution is 0.00127. The number of fused-ring (bicyclic) bond motifs is 2. The SMILES string of the molecule is COC1(C(=O)c2ccc3c(c2)Sc2cc(C(=O)C4(OC)OC4(C)C)ccc2O3)OC1(C)C. The van der Waals surface area contributed by atoms with Crippen molar-refractivity contribution in [3.63, 3.8) is 0 Å². The molecule has 0 aromatic heterocycles. The summed E-state index contributed by atoms with van der Waals surface area (Å²) < 4.78 is 28.0. The van der Waals surface area contributed by atoms with E-state index in [1.54, 1.807) is 36.4 Å². The highest BCUT2D eigenvalue weighted by atomic mass is 32.2. The van der Waals surface area contributed by atoms with Gasteiger partial charge in [0.05, 0.1) is 9.79 Å². The van der Waals surface area contributed by atoms with Crippen molar-refractivity contribution >= 4 is 23.3 Å². The van der Waals surface area contributed by atoms with Crippen molar-refractivity contribution in [2.45, 2.75) is 60.3 Å². The van der Waals surface area contributed by atoms with Gasteiger partial charge in [0.15, 0.2) is 0 Å². The van der Waals surface area contributed by atoms with Crippen molar-refractivity contribution in [1.82, 2.24) is 0 Å². The predicted octanol–water partition coefficient (Wildman–Crippen LogP) is 4.61. The minimum Gasteiger partial charge on any atom is -0.455 e. The standard InChI is InChI=1S/C24H24O7S/c1-21(2)23(27-5,30-21)19(25)13-7-9-15-17(11-13)32-18-12-14(8-10-16(18)29-15)20(26)24(28-6)22(3,4)31-24/h7-12H,1-6H3. The van der Waals surface area contributed by atoms with Crippen molar-refractivity contribution in [2.24, 2.45) is 0 Å². The van der Waals surface area contributed by atoms with Gasteiger partial charge in [-0.25, -0.2) is 0 Å². The fraction of sp³-hybridized carbons (Fsp3) is 0.417. The molecular weight excluding hydrogens is 432 g/mol. The van der Waals surface area contributed by atoms with Gasteiger partial charge in [0.25, 0.3) is 11.6 Å². The first-order valence-electron chi connectivity index (χ1n) is 10.2. The molecule has 0 amide bonds. The highest BCUT2D eigenvalue weighted by Gasteiger charge is 2.71. The predicted molar refractivity (Wildman–Crippen MR) is 116 cm³/mol. The van der Waals surface area contributed by atoms with Crippen LogP contribution in [0.4, 0.5) is 0 Å². The van der Waals surface area contributed by atoms with Crippen LogP contribution in [0.1, 0.15) is 48.4 Å². The molecule has 0 bridgehead atoms. The van der Waals surface area contributed by atoms with E-state index in [-0.39, 0.29) is 11.6 Å². The Labute approximate surface area is 190 Å². The Balaban J connectivity index is 1.43. The van der Waals surface area contributed by atoms with Crippen molar-refractivity contribution in [3.8, 4) is 11.5 Å². The fourth-order valence-corrected chi connectivity index (χ4v) is 5.34. The van der Waals surface area contributed by atoms with E-state index < -0.39 is 22.8 Å². The van der Waals surface area contributed by atoms with E-state index in [0.29, 0.717) is 22.6 Å². The van der Waals surface area contributed by atoms with Crippen LogP contribution in [0.2, 0.25) is 0 Å². The van der Waals surface area contributed by atoms with Crippen LogP contribution < -0.4 is 4.74 Å². The van der Waals surface area contributed by atoms with Crippen LogP contribution in [0.3, 0.4) is 0 Å². The number of Topliss-reactive ketones (excluding diaryl/α,β-unsaturated/α-hetero) is 2. The van der Waals surface area contributed by atoms with Crippen molar-refractivity contribution in [2.75, 3.05) is 14.2 Å². The van der Waals surface area contributed by atoms with E-state index in [4.69, 9.17) is 23.7 Å². The molecule has 0 saturated carbocycles. The molecule has 0 aliphatic carbocycles. The first kappa shape index (κ1) is 21.6. The molecule has 32 heavy (non-hydrogen) atoms. The highest BCUT2D eigenvalue weighted by Crippen LogP contribution is 2.53. The number of ether oxygens (including phenoxy) is 5. The fourth-order valence-electron chi connectivity index (χ4n) is 4.31. The Kier molecular flexibility index (Phi) is 4.49. The van der Waals surface area contributed by atoms with Crippen LogP contribution in [-0.4, -0.2) is 48.6 Å². The third-order valence-electron chi connectivity index (χ3n) is 6.32. The molecule has 3 aliphatic rings. The first-order valence-corrected chi connectivity index (χ1v) is 11.1. The van der Waals surface area contributed by atoms with Gasteiger partial charge < -0.3 is 23.7 Å². The summed E-state index contributed by atoms with van der Waals surface area (Å²) in [5.41, 5.74) is -0.435. The summed E-state index contributed by atoms with van der Waals surface area (Å²) in [5, 5.41) is 0. The Hall–Kier alpha value is -2.23. The topological polar surface area (TPSA) is 86.9 Å². The Morgan fingerprint density at radius 1 is 0.750 bits per heavy atom. The van der Waals surface area contributed by atoms with Gasteiger partial charge in [0.1, 0.15) is 22.7 Å². The average molecular weight is 457 g/mol. The number of methoxy groups -OCH3 is 2. The summed E-state index contributed by atoms with van der Waals surface area (Å²) in [6, 6.07) is 10.5. The summed E-state index contributed by atoms with van der Waals surface area (Å²) in [7, 11) is 2.94. The molecular formula is C24H24O7S. The molecule has 8 heteroatoms. The zero-order valence-corrected chi connectivity index (χ0v) is 19.5. The number of epoxide rings is 2. The van der Waals surface area contributed by atoms with Crippen LogP contribution in [0, 0.1) is 0 Å². The summed E-state index contributed by atoms with van der Waals surface area (Å²) in [5.74, 6) is -1.74. The molecule has 2 atom stereocenters. The molecule has 2 saturated heterocycles. The number of ketones is 2. The Morgan fingerprint density at radius 3 is 1.44 bits per heavy atom. The van der Waals surface area contributed by atoms with Crippen molar-refractivity contribution in [1.29, 1.82) is 0 Å². The van der Waals surface area contributed by atoms with Crippen LogP contribution >= 0.6 is 11.8 Å². The number of rotatable bonds is 6. The van der Waals surface area contributed by atoms with Gasteiger partial charge in [-0.2, -0.15) is 0 Å². The third-order valence-corrected chi connectivity index (χ3v) is 7.40. The van der Waals surface area contributed by atoms with Crippen LogP contribution in [0.25, 0.3) is 0 Å². The van der Waals surface area contributed by atoms with Gasteiger partial charge in [0.2, 0.25) is 11.6 Å². The van der Waals surface area contributed by atoms with Crippen LogP contribution in [0.5, 0.6) is 11.5 Å². The van der Waals surface area contributed by atoms with E-state index in [1.165, 1.54) is 26.0 Å². The lowest BCUT2D eigenvalue weighted by Gasteiger charge is -2.21. The summed E-state index contributed by atoms with van der Waals surface area (Å²) >= 11 is 1.43. The number of hydrogen-bond donors (Lipinski definition) is 0. The maximum absolute atomic E-state index is 13.1. The van der Waals surface area contributed by atoms with E-state index in [0.717, 1.165) is 9.79 Å². The Bertz CT molecular complexity index is 1080. The zero-order chi connectivity index (χ0) is 23.1. The summed E-state index contributed by atoms with van der Waals surface area (Å²) in [6.07, 6.45) is 0. The number of benzene rings is 2. The van der Waals surface area contributed by atoms with E-state index in [9.17, 15) is 9.59 Å². The lowest BCUT2D eigenvalue weighted by atomic mass is 9.97.